The standard InChI is InChI=1S/C19H22N6O/c1-24-9-11-25(12-10-24)19-16(7-4-8-20-19)18-21-17(22-23-18)14-5-3-6-15(13-14)26-2/h3-8,13H,9-12H2,1-2H3,(H,21,22,23). The van der Waals surface area contributed by atoms with Gasteiger partial charge in [0.2, 0.25) is 0 Å². The number of likely N-dealkylation sites (N-methyl/N-ethyl adjacent to an activating group) is 1. The molecule has 0 aliphatic carbocycles. The molecule has 0 atom stereocenters. The summed E-state index contributed by atoms with van der Waals surface area (Å²) in [5.41, 5.74) is 1.88. The van der Waals surface area contributed by atoms with Crippen LogP contribution in [-0.2, 0) is 0 Å². The Kier molecular flexibility index (Phi) is 4.53. The normalized spacial score (nSPS) is 15.2. The summed E-state index contributed by atoms with van der Waals surface area (Å²) in [6.07, 6.45) is 1.83. The third-order valence-electron chi connectivity index (χ3n) is 4.66. The molecule has 0 saturated carbocycles. The van der Waals surface area contributed by atoms with Crippen LogP contribution >= 0.6 is 0 Å². The molecule has 134 valence electrons. The van der Waals surface area contributed by atoms with Gasteiger partial charge < -0.3 is 14.5 Å². The molecule has 3 aromatic rings. The fraction of sp³-hybridized carbons (Fsp3) is 0.316. The number of methoxy groups -OCH3 is 1. The van der Waals surface area contributed by atoms with Crippen LogP contribution in [0, 0.1) is 0 Å². The Hall–Kier alpha value is -2.93. The lowest BCUT2D eigenvalue weighted by Gasteiger charge is -2.33. The highest BCUT2D eigenvalue weighted by molar-refractivity contribution is 5.72. The zero-order valence-corrected chi connectivity index (χ0v) is 15.0. The minimum Gasteiger partial charge on any atom is -0.497 e. The van der Waals surface area contributed by atoms with Gasteiger partial charge in [-0.3, -0.25) is 5.10 Å². The smallest absolute Gasteiger partial charge is 0.181 e. The highest BCUT2D eigenvalue weighted by atomic mass is 16.5. The van der Waals surface area contributed by atoms with Crippen LogP contribution in [0.1, 0.15) is 0 Å². The lowest BCUT2D eigenvalue weighted by Crippen LogP contribution is -2.45. The van der Waals surface area contributed by atoms with Crippen molar-refractivity contribution in [2.45, 2.75) is 0 Å². The van der Waals surface area contributed by atoms with Gasteiger partial charge in [0, 0.05) is 37.9 Å². The minimum absolute atomic E-state index is 0.645. The van der Waals surface area contributed by atoms with Crippen LogP contribution in [0.2, 0.25) is 0 Å². The number of benzene rings is 1. The average Bonchev–Trinajstić information content (AvgIpc) is 3.19. The van der Waals surface area contributed by atoms with E-state index in [-0.39, 0.29) is 0 Å². The summed E-state index contributed by atoms with van der Waals surface area (Å²) in [7, 11) is 3.80. The SMILES string of the molecule is COc1cccc(-c2n[nH]c(-c3cccnc3N3CCN(C)CC3)n2)c1. The van der Waals surface area contributed by atoms with E-state index < -0.39 is 0 Å². The van der Waals surface area contributed by atoms with Crippen LogP contribution in [0.3, 0.4) is 0 Å². The van der Waals surface area contributed by atoms with Crippen molar-refractivity contribution >= 4 is 5.82 Å². The first-order valence-corrected chi connectivity index (χ1v) is 8.70. The fourth-order valence-electron chi connectivity index (χ4n) is 3.13. The number of nitrogens with one attached hydrogen (secondary N) is 1. The topological polar surface area (TPSA) is 70.2 Å². The van der Waals surface area contributed by atoms with E-state index in [1.807, 2.05) is 42.6 Å². The number of ether oxygens (including phenoxy) is 1. The monoisotopic (exact) mass is 350 g/mol. The molecule has 0 bridgehead atoms. The van der Waals surface area contributed by atoms with Crippen LogP contribution in [0.4, 0.5) is 5.82 Å². The number of pyridine rings is 1. The van der Waals surface area contributed by atoms with Gasteiger partial charge in [-0.25, -0.2) is 9.97 Å². The summed E-state index contributed by atoms with van der Waals surface area (Å²) in [6.45, 7) is 3.97. The quantitative estimate of drug-likeness (QED) is 0.779. The molecule has 7 nitrogen and oxygen atoms in total. The second kappa shape index (κ2) is 7.13. The van der Waals surface area contributed by atoms with Crippen molar-refractivity contribution in [1.82, 2.24) is 25.1 Å². The van der Waals surface area contributed by atoms with Crippen LogP contribution in [0.15, 0.2) is 42.6 Å². The predicted octanol–water partition coefficient (Wildman–Crippen LogP) is 2.29. The zero-order chi connectivity index (χ0) is 17.9. The molecule has 3 heterocycles. The van der Waals surface area contributed by atoms with E-state index in [0.29, 0.717) is 5.82 Å². The number of hydrogen-bond donors (Lipinski definition) is 1. The Morgan fingerprint density at radius 3 is 2.73 bits per heavy atom. The van der Waals surface area contributed by atoms with E-state index in [9.17, 15) is 0 Å². The van der Waals surface area contributed by atoms with Gasteiger partial charge in [-0.2, -0.15) is 5.10 Å². The molecule has 1 aliphatic rings. The molecule has 0 spiro atoms. The molecule has 1 aliphatic heterocycles. The highest BCUT2D eigenvalue weighted by Gasteiger charge is 2.20. The fourth-order valence-corrected chi connectivity index (χ4v) is 3.13. The van der Waals surface area contributed by atoms with E-state index in [4.69, 9.17) is 9.72 Å². The third-order valence-corrected chi connectivity index (χ3v) is 4.66. The van der Waals surface area contributed by atoms with Crippen molar-refractivity contribution in [2.24, 2.45) is 0 Å². The summed E-state index contributed by atoms with van der Waals surface area (Å²) in [6, 6.07) is 11.7. The maximum absolute atomic E-state index is 5.29. The van der Waals surface area contributed by atoms with E-state index in [1.165, 1.54) is 0 Å². The van der Waals surface area contributed by atoms with E-state index in [0.717, 1.165) is 54.7 Å². The Morgan fingerprint density at radius 1 is 1.08 bits per heavy atom. The summed E-state index contributed by atoms with van der Waals surface area (Å²) < 4.78 is 5.29. The van der Waals surface area contributed by atoms with Crippen molar-refractivity contribution < 1.29 is 4.74 Å². The molecule has 7 heteroatoms. The largest absolute Gasteiger partial charge is 0.497 e. The summed E-state index contributed by atoms with van der Waals surface area (Å²) in [5.74, 6) is 3.11. The van der Waals surface area contributed by atoms with E-state index in [2.05, 4.69) is 32.0 Å². The Labute approximate surface area is 152 Å². The first kappa shape index (κ1) is 16.5. The van der Waals surface area contributed by atoms with Gasteiger partial charge in [0.15, 0.2) is 11.6 Å². The summed E-state index contributed by atoms with van der Waals surface area (Å²) in [5, 5.41) is 7.46. The second-order valence-corrected chi connectivity index (χ2v) is 6.40. The molecule has 26 heavy (non-hydrogen) atoms. The first-order valence-electron chi connectivity index (χ1n) is 8.70. The average molecular weight is 350 g/mol. The molecule has 1 N–H and O–H groups in total. The van der Waals surface area contributed by atoms with Gasteiger partial charge in [0.05, 0.1) is 12.7 Å². The number of nitrogens with zero attached hydrogens (tertiary/aromatic N) is 5. The molecule has 1 aromatic carbocycles. The third kappa shape index (κ3) is 3.25. The summed E-state index contributed by atoms with van der Waals surface area (Å²) >= 11 is 0. The van der Waals surface area contributed by atoms with E-state index in [1.54, 1.807) is 7.11 Å². The molecule has 4 rings (SSSR count). The molecule has 1 saturated heterocycles. The summed E-state index contributed by atoms with van der Waals surface area (Å²) in [4.78, 5) is 13.9. The number of rotatable bonds is 4. The Balaban J connectivity index is 1.66. The Bertz CT molecular complexity index is 885. The molecular weight excluding hydrogens is 328 g/mol. The number of aromatic nitrogens is 4. The molecule has 0 radical (unpaired) electrons. The van der Waals surface area contributed by atoms with Crippen molar-refractivity contribution in [2.75, 3.05) is 45.2 Å². The van der Waals surface area contributed by atoms with Gasteiger partial charge in [0.25, 0.3) is 0 Å². The van der Waals surface area contributed by atoms with Crippen molar-refractivity contribution in [3.8, 4) is 28.5 Å². The van der Waals surface area contributed by atoms with Crippen molar-refractivity contribution in [1.29, 1.82) is 0 Å². The van der Waals surface area contributed by atoms with Crippen LogP contribution in [0.25, 0.3) is 22.8 Å². The first-order chi connectivity index (χ1) is 12.7. The lowest BCUT2D eigenvalue weighted by molar-refractivity contribution is 0.312. The van der Waals surface area contributed by atoms with Gasteiger partial charge in [-0.1, -0.05) is 12.1 Å². The molecular formula is C19H22N6O. The van der Waals surface area contributed by atoms with Crippen molar-refractivity contribution in [3.05, 3.63) is 42.6 Å². The van der Waals surface area contributed by atoms with Gasteiger partial charge in [-0.15, -0.1) is 0 Å². The second-order valence-electron chi connectivity index (χ2n) is 6.40. The predicted molar refractivity (Wildman–Crippen MR) is 101 cm³/mol. The number of H-pyrrole nitrogens is 1. The molecule has 1 fully saturated rings. The van der Waals surface area contributed by atoms with Crippen LogP contribution in [-0.4, -0.2) is 65.4 Å². The lowest BCUT2D eigenvalue weighted by atomic mass is 10.2. The zero-order valence-electron chi connectivity index (χ0n) is 15.0. The highest BCUT2D eigenvalue weighted by Crippen LogP contribution is 2.29. The number of aromatic amines is 1. The number of anilines is 1. The van der Waals surface area contributed by atoms with Gasteiger partial charge >= 0.3 is 0 Å². The maximum Gasteiger partial charge on any atom is 0.181 e. The van der Waals surface area contributed by atoms with Gasteiger partial charge in [-0.05, 0) is 31.3 Å². The minimum atomic E-state index is 0.645. The maximum atomic E-state index is 5.29. The number of hydrogen-bond acceptors (Lipinski definition) is 6. The van der Waals surface area contributed by atoms with Crippen LogP contribution in [0.5, 0.6) is 5.75 Å². The molecule has 2 aromatic heterocycles. The molecule has 0 amide bonds. The molecule has 0 unspecified atom stereocenters. The number of piperazine rings is 1. The van der Waals surface area contributed by atoms with Crippen LogP contribution < -0.4 is 9.64 Å². The van der Waals surface area contributed by atoms with Crippen molar-refractivity contribution in [3.63, 3.8) is 0 Å². The van der Waals surface area contributed by atoms with E-state index >= 15 is 0 Å². The van der Waals surface area contributed by atoms with Gasteiger partial charge in [0.1, 0.15) is 11.6 Å². The Morgan fingerprint density at radius 2 is 1.92 bits per heavy atom.